The Bertz CT molecular complexity index is 2990. The van der Waals surface area contributed by atoms with Crippen LogP contribution in [0.4, 0.5) is 17.1 Å². The van der Waals surface area contributed by atoms with E-state index in [1.54, 1.807) is 0 Å². The lowest BCUT2D eigenvalue weighted by Gasteiger charge is -2.28. The van der Waals surface area contributed by atoms with E-state index in [0.29, 0.717) is 0 Å². The smallest absolute Gasteiger partial charge is 0.0561 e. The van der Waals surface area contributed by atoms with Crippen LogP contribution in [0.1, 0.15) is 0 Å². The molecule has 0 saturated carbocycles. The van der Waals surface area contributed by atoms with Gasteiger partial charge in [-0.1, -0.05) is 127 Å². The monoisotopic (exact) mass is 634 g/mol. The van der Waals surface area contributed by atoms with Crippen LogP contribution in [0.15, 0.2) is 182 Å². The lowest BCUT2D eigenvalue weighted by Crippen LogP contribution is -2.11. The molecule has 0 amide bonds. The van der Waals surface area contributed by atoms with Crippen LogP contribution in [0.5, 0.6) is 0 Å². The number of hydrogen-bond acceptors (Lipinski definition) is 1. The molecule has 1 aliphatic carbocycles. The SMILES string of the molecule is c1ccc(N(c2ccc3c4ccccc4n(-c4ccc5ccccc5c4)c3c2)c2cccc3c2-c2cccc4cc5ccccc5c-3c24)cc1. The molecule has 2 heteroatoms. The maximum Gasteiger partial charge on any atom is 0.0561 e. The van der Waals surface area contributed by atoms with Crippen LogP contribution in [0, 0.1) is 0 Å². The molecule has 9 aromatic carbocycles. The first-order valence-corrected chi connectivity index (χ1v) is 17.3. The Morgan fingerprint density at radius 2 is 1.06 bits per heavy atom. The maximum atomic E-state index is 2.45. The van der Waals surface area contributed by atoms with Gasteiger partial charge in [-0.05, 0) is 104 Å². The van der Waals surface area contributed by atoms with E-state index in [1.165, 1.54) is 82.1 Å². The van der Waals surface area contributed by atoms with E-state index in [9.17, 15) is 0 Å². The summed E-state index contributed by atoms with van der Waals surface area (Å²) < 4.78 is 2.43. The Morgan fingerprint density at radius 3 is 1.96 bits per heavy atom. The largest absolute Gasteiger partial charge is 0.310 e. The minimum atomic E-state index is 1.12. The summed E-state index contributed by atoms with van der Waals surface area (Å²) in [7, 11) is 0. The Morgan fingerprint density at radius 1 is 0.360 bits per heavy atom. The predicted molar refractivity (Wildman–Crippen MR) is 212 cm³/mol. The first kappa shape index (κ1) is 27.3. The highest BCUT2D eigenvalue weighted by atomic mass is 15.1. The highest BCUT2D eigenvalue weighted by molar-refractivity contribution is 6.25. The fraction of sp³-hybridized carbons (Fsp3) is 0. The summed E-state index contributed by atoms with van der Waals surface area (Å²) >= 11 is 0. The number of nitrogens with zero attached hydrogens (tertiary/aromatic N) is 2. The molecule has 1 aromatic heterocycles. The summed E-state index contributed by atoms with van der Waals surface area (Å²) in [5.74, 6) is 0. The standard InChI is InChI=1S/C48H30N2/c1-2-16-35(17-3-1)49(44-23-11-21-42-47(44)41-20-10-15-34-28-33-14-6-7-18-38(33)48(42)46(34)41)37-26-27-40-39-19-8-9-22-43(39)50(45(40)30-37)36-25-24-31-12-4-5-13-32(31)29-36/h1-30H. The fourth-order valence-corrected chi connectivity index (χ4v) is 8.52. The molecule has 50 heavy (non-hydrogen) atoms. The van der Waals surface area contributed by atoms with Crippen LogP contribution >= 0.6 is 0 Å². The van der Waals surface area contributed by atoms with E-state index in [4.69, 9.17) is 0 Å². The zero-order valence-electron chi connectivity index (χ0n) is 27.2. The number of benzene rings is 9. The topological polar surface area (TPSA) is 8.17 Å². The Kier molecular flexibility index (Phi) is 5.70. The van der Waals surface area contributed by atoms with Crippen molar-refractivity contribution in [2.24, 2.45) is 0 Å². The quantitative estimate of drug-likeness (QED) is 0.175. The molecular formula is C48H30N2. The molecule has 11 rings (SSSR count). The molecule has 0 radical (unpaired) electrons. The van der Waals surface area contributed by atoms with Crippen molar-refractivity contribution in [3.05, 3.63) is 182 Å². The summed E-state index contributed by atoms with van der Waals surface area (Å²) in [6.45, 7) is 0. The van der Waals surface area contributed by atoms with Crippen molar-refractivity contribution in [3.63, 3.8) is 0 Å². The van der Waals surface area contributed by atoms with Crippen molar-refractivity contribution < 1.29 is 0 Å². The molecule has 0 N–H and O–H groups in total. The number of aromatic nitrogens is 1. The maximum absolute atomic E-state index is 2.45. The Hall–Kier alpha value is -6.64. The van der Waals surface area contributed by atoms with Crippen LogP contribution in [-0.4, -0.2) is 4.57 Å². The van der Waals surface area contributed by atoms with Crippen LogP contribution in [-0.2, 0) is 0 Å². The zero-order valence-corrected chi connectivity index (χ0v) is 27.2. The third kappa shape index (κ3) is 3.85. The number of rotatable bonds is 4. The molecule has 0 fully saturated rings. The molecular weight excluding hydrogens is 605 g/mol. The van der Waals surface area contributed by atoms with E-state index in [0.717, 1.165) is 17.1 Å². The van der Waals surface area contributed by atoms with Gasteiger partial charge < -0.3 is 9.47 Å². The highest BCUT2D eigenvalue weighted by Crippen LogP contribution is 2.55. The van der Waals surface area contributed by atoms with Crippen molar-refractivity contribution in [3.8, 4) is 27.9 Å². The molecule has 0 bridgehead atoms. The fourth-order valence-electron chi connectivity index (χ4n) is 8.52. The normalized spacial score (nSPS) is 12.0. The summed E-state index contributed by atoms with van der Waals surface area (Å²) in [5, 5.41) is 10.2. The van der Waals surface area contributed by atoms with Crippen LogP contribution < -0.4 is 4.90 Å². The van der Waals surface area contributed by atoms with E-state index in [2.05, 4.69) is 191 Å². The second kappa shape index (κ2) is 10.4. The van der Waals surface area contributed by atoms with Gasteiger partial charge in [-0.25, -0.2) is 0 Å². The van der Waals surface area contributed by atoms with Gasteiger partial charge in [0.05, 0.1) is 16.7 Å². The van der Waals surface area contributed by atoms with Crippen molar-refractivity contribution in [1.82, 2.24) is 4.57 Å². The van der Waals surface area contributed by atoms with Crippen molar-refractivity contribution >= 4 is 71.2 Å². The third-order valence-electron chi connectivity index (χ3n) is 10.6. The zero-order chi connectivity index (χ0) is 32.8. The molecule has 0 unspecified atom stereocenters. The molecule has 1 aliphatic rings. The van der Waals surface area contributed by atoms with Crippen LogP contribution in [0.25, 0.3) is 82.1 Å². The lowest BCUT2D eigenvalue weighted by molar-refractivity contribution is 1.18. The summed E-state index contributed by atoms with van der Waals surface area (Å²) in [6, 6.07) is 66.8. The molecule has 1 heterocycles. The van der Waals surface area contributed by atoms with Gasteiger partial charge in [0, 0.05) is 33.4 Å². The molecule has 0 saturated heterocycles. The molecule has 10 aromatic rings. The summed E-state index contributed by atoms with van der Waals surface area (Å²) in [6.07, 6.45) is 0. The summed E-state index contributed by atoms with van der Waals surface area (Å²) in [4.78, 5) is 2.45. The van der Waals surface area contributed by atoms with Gasteiger partial charge in [0.15, 0.2) is 0 Å². The molecule has 0 atom stereocenters. The van der Waals surface area contributed by atoms with E-state index in [1.807, 2.05) is 0 Å². The highest BCUT2D eigenvalue weighted by Gasteiger charge is 2.29. The van der Waals surface area contributed by atoms with E-state index < -0.39 is 0 Å². The van der Waals surface area contributed by atoms with Gasteiger partial charge in [0.25, 0.3) is 0 Å². The van der Waals surface area contributed by atoms with Gasteiger partial charge in [-0.3, -0.25) is 0 Å². The molecule has 2 nitrogen and oxygen atoms in total. The van der Waals surface area contributed by atoms with E-state index >= 15 is 0 Å². The predicted octanol–water partition coefficient (Wildman–Crippen LogP) is 13.4. The number of para-hydroxylation sites is 2. The molecule has 0 aliphatic heterocycles. The minimum absolute atomic E-state index is 1.12. The Balaban J connectivity index is 1.20. The summed E-state index contributed by atoms with van der Waals surface area (Å²) in [5.41, 5.74) is 12.2. The number of hydrogen-bond donors (Lipinski definition) is 0. The lowest BCUT2D eigenvalue weighted by atomic mass is 9.96. The van der Waals surface area contributed by atoms with Gasteiger partial charge in [-0.15, -0.1) is 0 Å². The molecule has 232 valence electrons. The average Bonchev–Trinajstić information content (AvgIpc) is 3.70. The second-order valence-electron chi connectivity index (χ2n) is 13.3. The van der Waals surface area contributed by atoms with Crippen molar-refractivity contribution in [2.45, 2.75) is 0 Å². The average molecular weight is 635 g/mol. The van der Waals surface area contributed by atoms with Gasteiger partial charge in [-0.2, -0.15) is 0 Å². The minimum Gasteiger partial charge on any atom is -0.310 e. The Labute approximate surface area is 289 Å². The third-order valence-corrected chi connectivity index (χ3v) is 10.6. The second-order valence-corrected chi connectivity index (χ2v) is 13.3. The van der Waals surface area contributed by atoms with Crippen LogP contribution in [0.2, 0.25) is 0 Å². The van der Waals surface area contributed by atoms with Crippen molar-refractivity contribution in [2.75, 3.05) is 4.90 Å². The van der Waals surface area contributed by atoms with Crippen molar-refractivity contribution in [1.29, 1.82) is 0 Å². The van der Waals surface area contributed by atoms with Gasteiger partial charge in [0.1, 0.15) is 0 Å². The van der Waals surface area contributed by atoms with Crippen LogP contribution in [0.3, 0.4) is 0 Å². The number of fused-ring (bicyclic) bond motifs is 9. The number of anilines is 3. The van der Waals surface area contributed by atoms with Gasteiger partial charge in [0.2, 0.25) is 0 Å². The van der Waals surface area contributed by atoms with E-state index in [-0.39, 0.29) is 0 Å². The molecule has 0 spiro atoms. The van der Waals surface area contributed by atoms with Gasteiger partial charge >= 0.3 is 0 Å². The first-order chi connectivity index (χ1) is 24.8. The first-order valence-electron chi connectivity index (χ1n) is 17.3.